The van der Waals surface area contributed by atoms with E-state index < -0.39 is 0 Å². The molecule has 0 aliphatic rings. The maximum atomic E-state index is 12.4. The van der Waals surface area contributed by atoms with Crippen LogP contribution in [0.3, 0.4) is 0 Å². The average Bonchev–Trinajstić information content (AvgIpc) is 3.18. The SMILES string of the molecule is Cn1nc(-c2cccs2)cc1C(=O)NCCc1ccc(Cl)cc1Cl. The first-order valence-electron chi connectivity index (χ1n) is 7.34. The third-order valence-corrected chi connectivity index (χ3v) is 5.06. The van der Waals surface area contributed by atoms with Crippen molar-refractivity contribution < 1.29 is 4.79 Å². The molecule has 124 valence electrons. The van der Waals surface area contributed by atoms with Crippen LogP contribution in [0.5, 0.6) is 0 Å². The Balaban J connectivity index is 1.63. The van der Waals surface area contributed by atoms with Crippen molar-refractivity contribution in [2.24, 2.45) is 7.05 Å². The highest BCUT2D eigenvalue weighted by atomic mass is 35.5. The second-order valence-electron chi connectivity index (χ2n) is 5.26. The molecule has 0 spiro atoms. The Labute approximate surface area is 154 Å². The molecule has 0 bridgehead atoms. The lowest BCUT2D eigenvalue weighted by atomic mass is 10.1. The summed E-state index contributed by atoms with van der Waals surface area (Å²) < 4.78 is 1.60. The van der Waals surface area contributed by atoms with Gasteiger partial charge in [0.25, 0.3) is 5.91 Å². The first kappa shape index (κ1) is 17.0. The summed E-state index contributed by atoms with van der Waals surface area (Å²) in [4.78, 5) is 13.4. The zero-order valence-electron chi connectivity index (χ0n) is 12.9. The Morgan fingerprint density at radius 3 is 2.83 bits per heavy atom. The van der Waals surface area contributed by atoms with Gasteiger partial charge in [0, 0.05) is 23.6 Å². The smallest absolute Gasteiger partial charge is 0.269 e. The van der Waals surface area contributed by atoms with Crippen LogP contribution < -0.4 is 5.32 Å². The molecule has 1 aromatic carbocycles. The van der Waals surface area contributed by atoms with E-state index in [1.54, 1.807) is 41.3 Å². The van der Waals surface area contributed by atoms with Crippen LogP contribution in [-0.4, -0.2) is 22.2 Å². The Bertz CT molecular complexity index is 859. The minimum Gasteiger partial charge on any atom is -0.350 e. The van der Waals surface area contributed by atoms with E-state index in [1.807, 2.05) is 23.6 Å². The van der Waals surface area contributed by atoms with Crippen LogP contribution in [0.15, 0.2) is 41.8 Å². The van der Waals surface area contributed by atoms with Crippen LogP contribution >= 0.6 is 34.5 Å². The number of nitrogens with one attached hydrogen (secondary N) is 1. The molecule has 1 amide bonds. The maximum Gasteiger partial charge on any atom is 0.269 e. The van der Waals surface area contributed by atoms with Crippen molar-refractivity contribution in [1.29, 1.82) is 0 Å². The first-order chi connectivity index (χ1) is 11.5. The van der Waals surface area contributed by atoms with E-state index in [2.05, 4.69) is 10.4 Å². The highest BCUT2D eigenvalue weighted by Gasteiger charge is 2.14. The molecule has 7 heteroatoms. The number of nitrogens with zero attached hydrogens (tertiary/aromatic N) is 2. The summed E-state index contributed by atoms with van der Waals surface area (Å²) in [5.41, 5.74) is 2.28. The molecular formula is C17H15Cl2N3OS. The minimum atomic E-state index is -0.155. The molecular weight excluding hydrogens is 365 g/mol. The van der Waals surface area contributed by atoms with Crippen LogP contribution in [0.25, 0.3) is 10.6 Å². The third kappa shape index (κ3) is 3.80. The van der Waals surface area contributed by atoms with Crippen molar-refractivity contribution in [3.05, 3.63) is 63.1 Å². The van der Waals surface area contributed by atoms with Gasteiger partial charge in [0.1, 0.15) is 11.4 Å². The molecule has 4 nitrogen and oxygen atoms in total. The van der Waals surface area contributed by atoms with Crippen molar-refractivity contribution in [3.8, 4) is 10.6 Å². The predicted molar refractivity (Wildman–Crippen MR) is 99.0 cm³/mol. The summed E-state index contributed by atoms with van der Waals surface area (Å²) >= 11 is 13.6. The molecule has 3 aromatic rings. The fraction of sp³-hybridized carbons (Fsp3) is 0.176. The molecule has 0 atom stereocenters. The van der Waals surface area contributed by atoms with Gasteiger partial charge in [-0.25, -0.2) is 0 Å². The van der Waals surface area contributed by atoms with Crippen LogP contribution in [0.1, 0.15) is 16.1 Å². The summed E-state index contributed by atoms with van der Waals surface area (Å²) in [6.45, 7) is 0.486. The lowest BCUT2D eigenvalue weighted by molar-refractivity contribution is 0.0944. The van der Waals surface area contributed by atoms with Gasteiger partial charge < -0.3 is 5.32 Å². The van der Waals surface area contributed by atoms with E-state index in [-0.39, 0.29) is 5.91 Å². The van der Waals surface area contributed by atoms with Gasteiger partial charge in [0.2, 0.25) is 0 Å². The van der Waals surface area contributed by atoms with Gasteiger partial charge in [-0.15, -0.1) is 11.3 Å². The first-order valence-corrected chi connectivity index (χ1v) is 8.98. The standard InChI is InChI=1S/C17H15Cl2N3OS/c1-22-15(10-14(21-22)16-3-2-8-24-16)17(23)20-7-6-11-4-5-12(18)9-13(11)19/h2-5,8-10H,6-7H2,1H3,(H,20,23). The van der Waals surface area contributed by atoms with Crippen molar-refractivity contribution in [3.63, 3.8) is 0 Å². The van der Waals surface area contributed by atoms with Gasteiger partial charge in [-0.2, -0.15) is 5.10 Å². The van der Waals surface area contributed by atoms with Crippen molar-refractivity contribution in [2.75, 3.05) is 6.54 Å². The summed E-state index contributed by atoms with van der Waals surface area (Å²) in [6.07, 6.45) is 0.636. The number of carbonyl (C=O) groups is 1. The molecule has 24 heavy (non-hydrogen) atoms. The number of aromatic nitrogens is 2. The molecule has 0 unspecified atom stereocenters. The van der Waals surface area contributed by atoms with E-state index in [1.165, 1.54) is 0 Å². The van der Waals surface area contributed by atoms with E-state index in [0.29, 0.717) is 28.7 Å². The summed E-state index contributed by atoms with van der Waals surface area (Å²) in [5, 5.41) is 10.5. The Morgan fingerprint density at radius 1 is 1.29 bits per heavy atom. The number of aryl methyl sites for hydroxylation is 1. The number of rotatable bonds is 5. The zero-order chi connectivity index (χ0) is 17.1. The maximum absolute atomic E-state index is 12.4. The molecule has 0 aliphatic carbocycles. The summed E-state index contributed by atoms with van der Waals surface area (Å²) in [6, 6.07) is 11.1. The fourth-order valence-corrected chi connectivity index (χ4v) is 3.53. The monoisotopic (exact) mass is 379 g/mol. The van der Waals surface area contributed by atoms with Gasteiger partial charge in [0.05, 0.1) is 4.88 Å². The number of hydrogen-bond acceptors (Lipinski definition) is 3. The van der Waals surface area contributed by atoms with E-state index in [4.69, 9.17) is 23.2 Å². The van der Waals surface area contributed by atoms with E-state index in [0.717, 1.165) is 16.1 Å². The highest BCUT2D eigenvalue weighted by Crippen LogP contribution is 2.24. The number of hydrogen-bond donors (Lipinski definition) is 1. The van der Waals surface area contributed by atoms with Gasteiger partial charge >= 0.3 is 0 Å². The molecule has 2 heterocycles. The van der Waals surface area contributed by atoms with Gasteiger partial charge in [-0.1, -0.05) is 35.3 Å². The van der Waals surface area contributed by atoms with Crippen molar-refractivity contribution in [2.45, 2.75) is 6.42 Å². The number of amides is 1. The van der Waals surface area contributed by atoms with Gasteiger partial charge in [0.15, 0.2) is 0 Å². The summed E-state index contributed by atoms with van der Waals surface area (Å²) in [7, 11) is 1.77. The predicted octanol–water partition coefficient (Wildman–Crippen LogP) is 4.43. The normalized spacial score (nSPS) is 10.8. The fourth-order valence-electron chi connectivity index (χ4n) is 2.35. The third-order valence-electron chi connectivity index (χ3n) is 3.58. The molecule has 0 saturated carbocycles. The Hall–Kier alpha value is -1.82. The number of carbonyl (C=O) groups excluding carboxylic acids is 1. The van der Waals surface area contributed by atoms with Crippen molar-refractivity contribution in [1.82, 2.24) is 15.1 Å². The van der Waals surface area contributed by atoms with Crippen molar-refractivity contribution >= 4 is 40.4 Å². The van der Waals surface area contributed by atoms with Gasteiger partial charge in [-0.3, -0.25) is 9.48 Å². The van der Waals surface area contributed by atoms with Crippen LogP contribution in [-0.2, 0) is 13.5 Å². The lowest BCUT2D eigenvalue weighted by Crippen LogP contribution is -2.27. The largest absolute Gasteiger partial charge is 0.350 e. The Morgan fingerprint density at radius 2 is 2.12 bits per heavy atom. The zero-order valence-corrected chi connectivity index (χ0v) is 15.3. The van der Waals surface area contributed by atoms with Crippen LogP contribution in [0.2, 0.25) is 10.0 Å². The molecule has 1 N–H and O–H groups in total. The number of thiophene rings is 1. The highest BCUT2D eigenvalue weighted by molar-refractivity contribution is 7.13. The average molecular weight is 380 g/mol. The molecule has 0 saturated heterocycles. The lowest BCUT2D eigenvalue weighted by Gasteiger charge is -2.07. The Kier molecular flexibility index (Phi) is 5.23. The topological polar surface area (TPSA) is 46.9 Å². The number of benzene rings is 1. The quantitative estimate of drug-likeness (QED) is 0.712. The van der Waals surface area contributed by atoms with E-state index >= 15 is 0 Å². The van der Waals surface area contributed by atoms with Crippen LogP contribution in [0.4, 0.5) is 0 Å². The molecule has 0 radical (unpaired) electrons. The molecule has 2 aromatic heterocycles. The van der Waals surface area contributed by atoms with E-state index in [9.17, 15) is 4.79 Å². The molecule has 0 aliphatic heterocycles. The molecule has 0 fully saturated rings. The van der Waals surface area contributed by atoms with Crippen LogP contribution in [0, 0.1) is 0 Å². The number of halogens is 2. The minimum absolute atomic E-state index is 0.155. The van der Waals surface area contributed by atoms with Gasteiger partial charge in [-0.05, 0) is 41.6 Å². The second-order valence-corrected chi connectivity index (χ2v) is 7.05. The molecule has 3 rings (SSSR count). The summed E-state index contributed by atoms with van der Waals surface area (Å²) in [5.74, 6) is -0.155. The second kappa shape index (κ2) is 7.38.